The van der Waals surface area contributed by atoms with E-state index >= 15 is 0 Å². The van der Waals surface area contributed by atoms with Gasteiger partial charge < -0.3 is 4.42 Å². The fraction of sp³-hybridized carbons (Fsp3) is 0.186. The Morgan fingerprint density at radius 2 is 0.667 bits per heavy atom. The molecule has 14 aromatic carbocycles. The smallest absolute Gasteiger partial charge is 0.294 e. The van der Waals surface area contributed by atoms with Crippen molar-refractivity contribution in [2.45, 2.75) is 145 Å². The van der Waals surface area contributed by atoms with Crippen molar-refractivity contribution < 1.29 is 27.1 Å². The van der Waals surface area contributed by atoms with Crippen LogP contribution in [0.15, 0.2) is 351 Å². The van der Waals surface area contributed by atoms with Crippen LogP contribution < -0.4 is 18.3 Å². The number of hydrogen-bond acceptors (Lipinski definition) is 2. The van der Waals surface area contributed by atoms with Crippen LogP contribution in [0.4, 0.5) is 4.39 Å². The molecule has 129 heavy (non-hydrogen) atoms. The molecule has 0 unspecified atom stereocenters. The lowest BCUT2D eigenvalue weighted by atomic mass is 9.89. The Balaban J connectivity index is 0.000000104. The van der Waals surface area contributed by atoms with Crippen LogP contribution in [0.5, 0.6) is 0 Å². The van der Waals surface area contributed by atoms with Gasteiger partial charge in [0.15, 0.2) is 0 Å². The summed E-state index contributed by atoms with van der Waals surface area (Å²) in [4.78, 5) is 0. The van der Waals surface area contributed by atoms with Gasteiger partial charge in [-0.2, -0.15) is 18.3 Å². The molecule has 9 nitrogen and oxygen atoms in total. The number of imidazole rings is 4. The zero-order valence-corrected chi connectivity index (χ0v) is 76.3. The lowest BCUT2D eigenvalue weighted by molar-refractivity contribution is -0.671. The van der Waals surface area contributed by atoms with Crippen LogP contribution in [-0.2, 0) is 26.2 Å². The Kier molecular flexibility index (Phi) is 21.3. The van der Waals surface area contributed by atoms with E-state index < -0.39 is 0 Å². The van der Waals surface area contributed by atoms with Crippen molar-refractivity contribution in [2.75, 3.05) is 0 Å². The van der Waals surface area contributed by atoms with Gasteiger partial charge in [-0.15, -0.1) is 11.3 Å². The van der Waals surface area contributed by atoms with Gasteiger partial charge in [0.1, 0.15) is 115 Å². The fourth-order valence-electron chi connectivity index (χ4n) is 20.4. The third kappa shape index (κ3) is 14.6. The fourth-order valence-corrected chi connectivity index (χ4v) is 21.8. The van der Waals surface area contributed by atoms with E-state index in [9.17, 15) is 4.39 Å². The minimum atomic E-state index is -0.188. The molecule has 0 amide bonds. The van der Waals surface area contributed by atoms with Gasteiger partial charge in [-0.05, 0) is 154 Å². The van der Waals surface area contributed by atoms with Gasteiger partial charge in [0, 0.05) is 97.7 Å². The monoisotopic (exact) mass is 1700 g/mol. The summed E-state index contributed by atoms with van der Waals surface area (Å²) in [7, 11) is 0. The van der Waals surface area contributed by atoms with Crippen molar-refractivity contribution in [3.8, 4) is 113 Å². The van der Waals surface area contributed by atoms with Crippen LogP contribution in [0.1, 0.15) is 174 Å². The summed E-state index contributed by atoms with van der Waals surface area (Å²) in [6, 6.07) is 106. The highest BCUT2D eigenvalue weighted by Gasteiger charge is 2.39. The minimum Gasteiger partial charge on any atom is -0.456 e. The summed E-state index contributed by atoms with van der Waals surface area (Å²) in [6.45, 7) is 31.0. The molecule has 10 heterocycles. The van der Waals surface area contributed by atoms with E-state index in [-0.39, 0.29) is 5.82 Å². The van der Waals surface area contributed by atoms with E-state index in [0.29, 0.717) is 42.1 Å². The number of rotatable bonds is 14. The molecule has 24 rings (SSSR count). The van der Waals surface area contributed by atoms with E-state index in [4.69, 9.17) is 4.42 Å². The molecule has 11 heteroatoms. The number of nitrogens with zero attached hydrogens (tertiary/aromatic N) is 8. The first-order chi connectivity index (χ1) is 62.9. The number of furan rings is 1. The van der Waals surface area contributed by atoms with E-state index in [2.05, 4.69) is 442 Å². The zero-order chi connectivity index (χ0) is 88.1. The second kappa shape index (κ2) is 33.6. The van der Waals surface area contributed by atoms with E-state index in [0.717, 1.165) is 53.4 Å². The van der Waals surface area contributed by atoms with Crippen LogP contribution in [0.25, 0.3) is 155 Å². The number of fused-ring (bicyclic) bond motifs is 18. The maximum Gasteiger partial charge on any atom is 0.294 e. The van der Waals surface area contributed by atoms with Crippen molar-refractivity contribution in [1.82, 2.24) is 18.3 Å². The van der Waals surface area contributed by atoms with Gasteiger partial charge in [0.05, 0.1) is 22.3 Å². The first-order valence-corrected chi connectivity index (χ1v) is 46.7. The molecule has 20 aromatic rings. The van der Waals surface area contributed by atoms with Crippen molar-refractivity contribution in [1.29, 1.82) is 0 Å². The average Bonchev–Trinajstić information content (AvgIpc) is 1.55. The molecular formula is C118H107FN8OS+4. The van der Waals surface area contributed by atoms with Crippen molar-refractivity contribution in [3.63, 3.8) is 0 Å². The maximum absolute atomic E-state index is 14.0. The standard InChI is InChI=1S/C31H26FN2.C31H27N2.C28H27N2O.C28H27N2S/c1-21(2)24-18-28(22-9-5-3-6-10-22)30(29(19-24)23-11-7-4-8-12-23)34-16-15-33-20-25-17-26(32)13-14-27(25)31(33)34;1-22(2)26-19-28(23-11-5-3-6-12-23)30(29(20-26)24-13-7-4-8-14-24)33-18-17-32-21-25-15-9-10-16-27(25)31(32)33;1-17(2)20-9-7-10-21(18(3)4)27(20)30-13-12-29-16-19-14-26-24(15-23(19)28(29)30)22-8-5-6-11-25(22)31-26;1-17(2)22-15-23-21-11-7-8-12-24(21)31-27(23)25(18(3)4)26(22)30-14-13-29-16-19-9-5-6-10-20(19)28(29)30/h3-19,21H,20H2,1-2H3;3-20,22H,21H2,1-2H3;2*5-15,17-18H,16H2,1-4H3/q4*+1. The number of para-hydroxylation sites is 2. The van der Waals surface area contributed by atoms with E-state index in [1.807, 2.05) is 23.5 Å². The van der Waals surface area contributed by atoms with Gasteiger partial charge >= 0.3 is 0 Å². The minimum absolute atomic E-state index is 0.188. The molecule has 0 saturated carbocycles. The highest BCUT2D eigenvalue weighted by atomic mass is 32.1. The number of aromatic nitrogens is 8. The van der Waals surface area contributed by atoms with Crippen LogP contribution in [-0.4, -0.2) is 18.3 Å². The molecule has 0 spiro atoms. The quantitative estimate of drug-likeness (QED) is 0.100. The summed E-state index contributed by atoms with van der Waals surface area (Å²) in [6.07, 6.45) is 17.7. The molecule has 0 bridgehead atoms. The maximum atomic E-state index is 14.0. The molecular weight excluding hydrogens is 1600 g/mol. The number of benzene rings is 14. The molecule has 634 valence electrons. The Hall–Kier alpha value is -14.1. The van der Waals surface area contributed by atoms with Crippen molar-refractivity contribution in [2.24, 2.45) is 0 Å². The van der Waals surface area contributed by atoms with E-state index in [1.54, 1.807) is 12.1 Å². The topological polar surface area (TPSA) is 48.4 Å². The van der Waals surface area contributed by atoms with Crippen LogP contribution in [0.3, 0.4) is 0 Å². The number of thiophene rings is 1. The second-order valence-electron chi connectivity index (χ2n) is 37.0. The predicted molar refractivity (Wildman–Crippen MR) is 528 cm³/mol. The summed E-state index contributed by atoms with van der Waals surface area (Å²) < 4.78 is 41.9. The third-order valence-electron chi connectivity index (χ3n) is 26.8. The Labute approximate surface area is 759 Å². The van der Waals surface area contributed by atoms with Crippen LogP contribution in [0.2, 0.25) is 0 Å². The Morgan fingerprint density at radius 1 is 0.279 bits per heavy atom. The normalized spacial score (nSPS) is 12.5. The number of hydrogen-bond donors (Lipinski definition) is 0. The van der Waals surface area contributed by atoms with Gasteiger partial charge in [0.2, 0.25) is 0 Å². The van der Waals surface area contributed by atoms with Gasteiger partial charge in [-0.3, -0.25) is 0 Å². The first kappa shape index (κ1) is 81.9. The Morgan fingerprint density at radius 3 is 1.12 bits per heavy atom. The molecule has 0 radical (unpaired) electrons. The zero-order valence-electron chi connectivity index (χ0n) is 75.5. The van der Waals surface area contributed by atoms with Gasteiger partial charge in [-0.1, -0.05) is 295 Å². The third-order valence-corrected chi connectivity index (χ3v) is 28.0. The molecule has 0 atom stereocenters. The molecule has 0 fully saturated rings. The molecule has 0 N–H and O–H groups in total. The number of halogens is 1. The highest BCUT2D eigenvalue weighted by molar-refractivity contribution is 7.26. The summed E-state index contributed by atoms with van der Waals surface area (Å²) >= 11 is 1.95. The van der Waals surface area contributed by atoms with Gasteiger partial charge in [-0.25, -0.2) is 22.7 Å². The summed E-state index contributed by atoms with van der Waals surface area (Å²) in [5.41, 5.74) is 35.4. The summed E-state index contributed by atoms with van der Waals surface area (Å²) in [5, 5.41) is 5.17. The lowest BCUT2D eigenvalue weighted by Crippen LogP contribution is -2.30. The average molecular weight is 1700 g/mol. The SMILES string of the molecule is CC(C)c1cc(-c2ccccc2)c(-n2cc[n+]3c2-c2ccc(F)cc2C3)c(-c2ccccc2)c1.CC(C)c1cc(-c2ccccc2)c(-n2cc[n+]3c2-c2ccccc2C3)c(-c2ccccc2)c1.CC(C)c1cc2c(sc3ccccc32)c(C(C)C)c1-n1cc[n+]2c1-c1ccccc1C2.CC(C)c1cccc(C(C)C)c1-n1cc[n+]2c1-c1cc3c(cc1C2)oc1ccccc13. The van der Waals surface area contributed by atoms with E-state index in [1.165, 1.54) is 177 Å². The second-order valence-corrected chi connectivity index (χ2v) is 38.1. The predicted octanol–water partition coefficient (Wildman–Crippen LogP) is 29.0. The lowest BCUT2D eigenvalue weighted by Gasteiger charge is -2.19. The van der Waals surface area contributed by atoms with Crippen LogP contribution in [0, 0.1) is 5.82 Å². The van der Waals surface area contributed by atoms with Crippen molar-refractivity contribution >= 4 is 53.4 Å². The van der Waals surface area contributed by atoms with Crippen LogP contribution >= 0.6 is 11.3 Å². The highest BCUT2D eigenvalue weighted by Crippen LogP contribution is 2.49. The molecule has 0 saturated heterocycles. The molecule has 6 aromatic heterocycles. The van der Waals surface area contributed by atoms with Crippen molar-refractivity contribution in [3.05, 3.63) is 408 Å². The molecule has 4 aliphatic heterocycles. The summed E-state index contributed by atoms with van der Waals surface area (Å²) in [5.74, 6) is 7.33. The molecule has 0 aliphatic carbocycles. The first-order valence-electron chi connectivity index (χ1n) is 45.9. The van der Waals surface area contributed by atoms with Gasteiger partial charge in [0.25, 0.3) is 23.3 Å². The largest absolute Gasteiger partial charge is 0.456 e. The Bertz CT molecular complexity index is 7550. The molecule has 4 aliphatic rings.